The van der Waals surface area contributed by atoms with E-state index in [9.17, 15) is 9.59 Å². The quantitative estimate of drug-likeness (QED) is 0.226. The lowest BCUT2D eigenvalue weighted by Crippen LogP contribution is -2.40. The number of allylic oxidation sites excluding steroid dienone is 1. The first-order chi connectivity index (χ1) is 20.2. The van der Waals surface area contributed by atoms with E-state index < -0.39 is 12.0 Å². The lowest BCUT2D eigenvalue weighted by molar-refractivity contribution is -0.139. The van der Waals surface area contributed by atoms with Crippen LogP contribution < -0.4 is 24.4 Å². The average molecular weight is 584 g/mol. The van der Waals surface area contributed by atoms with Gasteiger partial charge in [-0.15, -0.1) is 6.42 Å². The van der Waals surface area contributed by atoms with Gasteiger partial charge in [0.25, 0.3) is 5.56 Å². The van der Waals surface area contributed by atoms with Gasteiger partial charge in [-0.1, -0.05) is 41.5 Å². The smallest absolute Gasteiger partial charge is 0.338 e. The molecule has 1 aliphatic heterocycles. The number of methoxy groups -OCH3 is 1. The molecule has 0 radical (unpaired) electrons. The predicted molar refractivity (Wildman–Crippen MR) is 165 cm³/mol. The summed E-state index contributed by atoms with van der Waals surface area (Å²) in [5.41, 5.74) is 4.10. The van der Waals surface area contributed by atoms with Crippen molar-refractivity contribution in [3.8, 4) is 23.8 Å². The molecule has 8 nitrogen and oxygen atoms in total. The molecule has 2 aromatic heterocycles. The van der Waals surface area contributed by atoms with Crippen molar-refractivity contribution >= 4 is 34.3 Å². The van der Waals surface area contributed by atoms with Gasteiger partial charge in [-0.3, -0.25) is 9.36 Å². The number of nitrogens with zero attached hydrogens (tertiary/aromatic N) is 3. The Balaban J connectivity index is 1.75. The minimum atomic E-state index is -0.770. The molecule has 0 amide bonds. The molecule has 2 aromatic carbocycles. The second-order valence-corrected chi connectivity index (χ2v) is 11.2. The van der Waals surface area contributed by atoms with E-state index in [1.165, 1.54) is 11.3 Å². The van der Waals surface area contributed by atoms with Gasteiger partial charge in [-0.05, 0) is 64.5 Å². The summed E-state index contributed by atoms with van der Waals surface area (Å²) in [7, 11) is 1.56. The summed E-state index contributed by atoms with van der Waals surface area (Å²) in [5, 5.41) is 1.00. The van der Waals surface area contributed by atoms with Crippen LogP contribution in [0.5, 0.6) is 11.5 Å². The summed E-state index contributed by atoms with van der Waals surface area (Å²) >= 11 is 1.28. The Morgan fingerprint density at radius 2 is 1.95 bits per heavy atom. The number of carbonyl (C=O) groups is 1. The van der Waals surface area contributed by atoms with Crippen LogP contribution in [0.15, 0.2) is 63.5 Å². The van der Waals surface area contributed by atoms with Gasteiger partial charge in [0.15, 0.2) is 16.3 Å². The highest BCUT2D eigenvalue weighted by Gasteiger charge is 2.34. The van der Waals surface area contributed by atoms with Gasteiger partial charge < -0.3 is 18.8 Å². The number of rotatable bonds is 8. The largest absolute Gasteiger partial charge is 0.493 e. The van der Waals surface area contributed by atoms with Crippen molar-refractivity contribution in [2.24, 2.45) is 4.99 Å². The topological polar surface area (TPSA) is 84.0 Å². The molecule has 1 aliphatic rings. The summed E-state index contributed by atoms with van der Waals surface area (Å²) in [6.07, 6.45) is 7.50. The van der Waals surface area contributed by atoms with E-state index in [4.69, 9.17) is 25.6 Å². The Morgan fingerprint density at radius 3 is 2.64 bits per heavy atom. The van der Waals surface area contributed by atoms with E-state index in [1.807, 2.05) is 57.2 Å². The summed E-state index contributed by atoms with van der Waals surface area (Å²) in [5.74, 6) is 3.27. The molecule has 42 heavy (non-hydrogen) atoms. The van der Waals surface area contributed by atoms with Crippen LogP contribution in [-0.4, -0.2) is 34.9 Å². The molecule has 9 heteroatoms. The fraction of sp³-hybridized carbons (Fsp3) is 0.303. The van der Waals surface area contributed by atoms with Gasteiger partial charge in [0.05, 0.1) is 48.2 Å². The molecule has 1 atom stereocenters. The zero-order valence-electron chi connectivity index (χ0n) is 24.6. The highest BCUT2D eigenvalue weighted by atomic mass is 32.1. The number of thiazole rings is 1. The lowest BCUT2D eigenvalue weighted by atomic mass is 9.95. The van der Waals surface area contributed by atoms with Crippen LogP contribution in [0.3, 0.4) is 0 Å². The molecule has 0 spiro atoms. The number of fused-ring (bicyclic) bond motifs is 2. The van der Waals surface area contributed by atoms with Gasteiger partial charge in [0, 0.05) is 22.2 Å². The van der Waals surface area contributed by atoms with E-state index in [2.05, 4.69) is 10.5 Å². The van der Waals surface area contributed by atoms with Crippen molar-refractivity contribution in [3.05, 3.63) is 90.2 Å². The summed E-state index contributed by atoms with van der Waals surface area (Å²) in [6.45, 7) is 9.99. The number of aromatic nitrogens is 2. The number of esters is 1. The highest BCUT2D eigenvalue weighted by molar-refractivity contribution is 7.07. The third kappa shape index (κ3) is 5.03. The third-order valence-electron chi connectivity index (χ3n) is 7.19. The van der Waals surface area contributed by atoms with E-state index in [1.54, 1.807) is 37.7 Å². The van der Waals surface area contributed by atoms with Crippen molar-refractivity contribution in [2.75, 3.05) is 13.7 Å². The van der Waals surface area contributed by atoms with Crippen LogP contribution in [0.25, 0.3) is 17.0 Å². The van der Waals surface area contributed by atoms with Crippen LogP contribution in [0.2, 0.25) is 0 Å². The SMILES string of the molecule is C#CCn1c(C)c(/C=c2/sc3n(c2=O)[C@H](c2ccc(OC(C)C)c(OC)c2)C(C(=O)OCC)=C(C)N=3)c2ccccc21. The second kappa shape index (κ2) is 11.7. The van der Waals surface area contributed by atoms with Crippen LogP contribution >= 0.6 is 11.3 Å². The molecule has 0 saturated heterocycles. The second-order valence-electron chi connectivity index (χ2n) is 10.2. The van der Waals surface area contributed by atoms with Gasteiger partial charge >= 0.3 is 5.97 Å². The fourth-order valence-electron chi connectivity index (χ4n) is 5.38. The monoisotopic (exact) mass is 583 g/mol. The predicted octanol–water partition coefficient (Wildman–Crippen LogP) is 4.49. The highest BCUT2D eigenvalue weighted by Crippen LogP contribution is 2.36. The molecule has 216 valence electrons. The molecular weight excluding hydrogens is 550 g/mol. The zero-order chi connectivity index (χ0) is 30.1. The van der Waals surface area contributed by atoms with Gasteiger partial charge in [-0.2, -0.15) is 0 Å². The zero-order valence-corrected chi connectivity index (χ0v) is 25.4. The van der Waals surface area contributed by atoms with E-state index >= 15 is 0 Å². The van der Waals surface area contributed by atoms with Crippen molar-refractivity contribution < 1.29 is 19.0 Å². The van der Waals surface area contributed by atoms with E-state index in [0.717, 1.165) is 22.2 Å². The third-order valence-corrected chi connectivity index (χ3v) is 8.17. The Labute approximate surface area is 248 Å². The number of hydrogen-bond acceptors (Lipinski definition) is 7. The first kappa shape index (κ1) is 29.0. The standard InChI is InChI=1S/C33H33N3O5S/c1-8-16-35-21(6)24(23-12-10-11-13-25(23)35)18-28-31(37)36-30(22-14-15-26(41-19(3)4)27(17-22)39-7)29(32(38)40-9-2)20(5)34-33(36)42-28/h1,10-15,17-19,30H,9,16H2,2-7H3/b28-18+/t30-/m1/s1. The fourth-order valence-corrected chi connectivity index (χ4v) is 6.41. The van der Waals surface area contributed by atoms with Crippen molar-refractivity contribution in [3.63, 3.8) is 0 Å². The van der Waals surface area contributed by atoms with Gasteiger partial charge in [0.2, 0.25) is 0 Å². The van der Waals surface area contributed by atoms with E-state index in [-0.39, 0.29) is 18.3 Å². The average Bonchev–Trinajstić information content (AvgIpc) is 3.41. The maximum absolute atomic E-state index is 14.2. The molecule has 0 bridgehead atoms. The Morgan fingerprint density at radius 1 is 1.19 bits per heavy atom. The number of carbonyl (C=O) groups excluding carboxylic acids is 1. The molecule has 5 rings (SSSR count). The van der Waals surface area contributed by atoms with Gasteiger partial charge in [-0.25, -0.2) is 9.79 Å². The van der Waals surface area contributed by atoms with Crippen LogP contribution in [0.1, 0.15) is 50.6 Å². The lowest BCUT2D eigenvalue weighted by Gasteiger charge is -2.25. The normalized spacial score (nSPS) is 15.0. The van der Waals surface area contributed by atoms with Gasteiger partial charge in [0.1, 0.15) is 0 Å². The minimum Gasteiger partial charge on any atom is -0.493 e. The maximum Gasteiger partial charge on any atom is 0.338 e. The summed E-state index contributed by atoms with van der Waals surface area (Å²) in [4.78, 5) is 32.7. The van der Waals surface area contributed by atoms with Crippen LogP contribution in [0.4, 0.5) is 0 Å². The van der Waals surface area contributed by atoms with Crippen molar-refractivity contribution in [1.29, 1.82) is 0 Å². The summed E-state index contributed by atoms with van der Waals surface area (Å²) in [6, 6.07) is 12.7. The molecule has 0 fully saturated rings. The number of terminal acetylenes is 1. The van der Waals surface area contributed by atoms with Crippen LogP contribution in [-0.2, 0) is 16.1 Å². The maximum atomic E-state index is 14.2. The number of hydrogen-bond donors (Lipinski definition) is 0. The Hall–Kier alpha value is -4.55. The summed E-state index contributed by atoms with van der Waals surface area (Å²) < 4.78 is 21.1. The molecule has 0 saturated carbocycles. The first-order valence-corrected chi connectivity index (χ1v) is 14.6. The first-order valence-electron chi connectivity index (χ1n) is 13.8. The Kier molecular flexibility index (Phi) is 8.10. The minimum absolute atomic E-state index is 0.0605. The number of ether oxygens (including phenoxy) is 3. The molecular formula is C33H33N3O5S. The van der Waals surface area contributed by atoms with E-state index in [0.29, 0.717) is 44.2 Å². The number of para-hydroxylation sites is 1. The molecule has 3 heterocycles. The molecule has 0 N–H and O–H groups in total. The molecule has 0 unspecified atom stereocenters. The Bertz CT molecular complexity index is 1950. The molecule has 4 aromatic rings. The van der Waals surface area contributed by atoms with Crippen molar-refractivity contribution in [2.45, 2.75) is 53.3 Å². The molecule has 0 aliphatic carbocycles. The van der Waals surface area contributed by atoms with Crippen LogP contribution in [0, 0.1) is 19.3 Å². The number of benzene rings is 2. The van der Waals surface area contributed by atoms with Crippen molar-refractivity contribution in [1.82, 2.24) is 9.13 Å².